The SMILES string of the molecule is O=C(O)CCc1cc2c(n(CC3CCCO3)c1=O)CCC2. The molecule has 1 aromatic rings. The van der Waals surface area contributed by atoms with Crippen LogP contribution >= 0.6 is 0 Å². The lowest BCUT2D eigenvalue weighted by atomic mass is 10.1. The van der Waals surface area contributed by atoms with E-state index in [4.69, 9.17) is 9.84 Å². The summed E-state index contributed by atoms with van der Waals surface area (Å²) in [6.45, 7) is 1.39. The maximum atomic E-state index is 12.6. The highest BCUT2D eigenvalue weighted by atomic mass is 16.5. The van der Waals surface area contributed by atoms with Crippen molar-refractivity contribution in [1.82, 2.24) is 4.57 Å². The van der Waals surface area contributed by atoms with Crippen molar-refractivity contribution in [1.29, 1.82) is 0 Å². The molecule has 2 heterocycles. The van der Waals surface area contributed by atoms with Gasteiger partial charge in [0, 0.05) is 24.3 Å². The van der Waals surface area contributed by atoms with Crippen LogP contribution in [0.5, 0.6) is 0 Å². The number of carbonyl (C=O) groups is 1. The molecule has 3 rings (SSSR count). The molecule has 5 heteroatoms. The minimum atomic E-state index is -0.861. The Morgan fingerprint density at radius 1 is 1.38 bits per heavy atom. The van der Waals surface area contributed by atoms with Crippen molar-refractivity contribution in [3.8, 4) is 0 Å². The lowest BCUT2D eigenvalue weighted by Gasteiger charge is -2.17. The smallest absolute Gasteiger partial charge is 0.303 e. The second-order valence-corrected chi connectivity index (χ2v) is 5.94. The maximum absolute atomic E-state index is 12.6. The van der Waals surface area contributed by atoms with Crippen molar-refractivity contribution in [2.75, 3.05) is 6.61 Å². The zero-order valence-electron chi connectivity index (χ0n) is 12.1. The molecule has 1 aromatic heterocycles. The molecule has 0 amide bonds. The number of ether oxygens (including phenoxy) is 1. The molecule has 1 unspecified atom stereocenters. The van der Waals surface area contributed by atoms with Gasteiger partial charge in [0.1, 0.15) is 0 Å². The van der Waals surface area contributed by atoms with Gasteiger partial charge in [-0.25, -0.2) is 0 Å². The number of aryl methyl sites for hydroxylation is 2. The predicted molar refractivity (Wildman–Crippen MR) is 77.7 cm³/mol. The molecule has 1 N–H and O–H groups in total. The Kier molecular flexibility index (Phi) is 4.10. The number of hydrogen-bond donors (Lipinski definition) is 1. The summed E-state index contributed by atoms with van der Waals surface area (Å²) in [6.07, 6.45) is 5.50. The number of carboxylic acid groups (broad SMARTS) is 1. The highest BCUT2D eigenvalue weighted by Crippen LogP contribution is 2.23. The van der Waals surface area contributed by atoms with E-state index in [0.29, 0.717) is 18.5 Å². The summed E-state index contributed by atoms with van der Waals surface area (Å²) in [6, 6.07) is 1.93. The fraction of sp³-hybridized carbons (Fsp3) is 0.625. The van der Waals surface area contributed by atoms with Crippen LogP contribution in [0.1, 0.15) is 42.5 Å². The summed E-state index contributed by atoms with van der Waals surface area (Å²) in [4.78, 5) is 23.4. The van der Waals surface area contributed by atoms with Crippen LogP contribution in [0.2, 0.25) is 0 Å². The number of fused-ring (bicyclic) bond motifs is 1. The van der Waals surface area contributed by atoms with E-state index in [1.807, 2.05) is 10.6 Å². The first-order valence-electron chi connectivity index (χ1n) is 7.73. The molecule has 2 aliphatic rings. The molecule has 21 heavy (non-hydrogen) atoms. The van der Waals surface area contributed by atoms with Crippen LogP contribution in [-0.2, 0) is 35.3 Å². The van der Waals surface area contributed by atoms with Crippen molar-refractivity contribution < 1.29 is 14.6 Å². The predicted octanol–water partition coefficient (Wildman–Crippen LogP) is 1.53. The van der Waals surface area contributed by atoms with E-state index in [1.54, 1.807) is 0 Å². The zero-order valence-corrected chi connectivity index (χ0v) is 12.1. The van der Waals surface area contributed by atoms with E-state index in [0.717, 1.165) is 44.4 Å². The first-order valence-corrected chi connectivity index (χ1v) is 7.73. The molecule has 1 aliphatic carbocycles. The molecule has 0 saturated carbocycles. The Labute approximate surface area is 123 Å². The second kappa shape index (κ2) is 6.02. The molecular weight excluding hydrogens is 270 g/mol. The van der Waals surface area contributed by atoms with Crippen LogP contribution in [0.15, 0.2) is 10.9 Å². The quantitative estimate of drug-likeness (QED) is 0.893. The van der Waals surface area contributed by atoms with E-state index in [1.165, 1.54) is 5.56 Å². The number of aliphatic carboxylic acids is 1. The van der Waals surface area contributed by atoms with E-state index in [2.05, 4.69) is 0 Å². The Morgan fingerprint density at radius 2 is 2.24 bits per heavy atom. The van der Waals surface area contributed by atoms with E-state index in [-0.39, 0.29) is 18.1 Å². The van der Waals surface area contributed by atoms with Gasteiger partial charge >= 0.3 is 5.97 Å². The first-order chi connectivity index (χ1) is 10.1. The van der Waals surface area contributed by atoms with Crippen molar-refractivity contribution in [2.45, 2.75) is 57.6 Å². The molecule has 114 valence electrons. The normalized spacial score (nSPS) is 20.7. The summed E-state index contributed by atoms with van der Waals surface area (Å²) in [5, 5.41) is 8.83. The van der Waals surface area contributed by atoms with Crippen LogP contribution in [0.25, 0.3) is 0 Å². The highest BCUT2D eigenvalue weighted by Gasteiger charge is 2.23. The molecule has 0 bridgehead atoms. The Hall–Kier alpha value is -1.62. The largest absolute Gasteiger partial charge is 0.481 e. The van der Waals surface area contributed by atoms with Crippen LogP contribution < -0.4 is 5.56 Å². The zero-order chi connectivity index (χ0) is 14.8. The number of carboxylic acids is 1. The maximum Gasteiger partial charge on any atom is 0.303 e. The number of aromatic nitrogens is 1. The highest BCUT2D eigenvalue weighted by molar-refractivity contribution is 5.67. The van der Waals surface area contributed by atoms with Gasteiger partial charge in [-0.05, 0) is 50.2 Å². The lowest BCUT2D eigenvalue weighted by Crippen LogP contribution is -2.31. The van der Waals surface area contributed by atoms with Gasteiger partial charge in [0.2, 0.25) is 0 Å². The third kappa shape index (κ3) is 3.02. The van der Waals surface area contributed by atoms with Crippen molar-refractivity contribution >= 4 is 5.97 Å². The number of rotatable bonds is 5. The van der Waals surface area contributed by atoms with Gasteiger partial charge in [0.25, 0.3) is 5.56 Å². The van der Waals surface area contributed by atoms with Gasteiger partial charge < -0.3 is 14.4 Å². The third-order valence-corrected chi connectivity index (χ3v) is 4.44. The molecule has 0 radical (unpaired) electrons. The fourth-order valence-corrected chi connectivity index (χ4v) is 3.39. The van der Waals surface area contributed by atoms with Gasteiger partial charge in [-0.2, -0.15) is 0 Å². The second-order valence-electron chi connectivity index (χ2n) is 5.94. The van der Waals surface area contributed by atoms with Gasteiger partial charge in [-0.15, -0.1) is 0 Å². The van der Waals surface area contributed by atoms with E-state index < -0.39 is 5.97 Å². The molecule has 1 atom stereocenters. The van der Waals surface area contributed by atoms with Gasteiger partial charge in [-0.3, -0.25) is 9.59 Å². The third-order valence-electron chi connectivity index (χ3n) is 4.44. The summed E-state index contributed by atoms with van der Waals surface area (Å²) in [5.74, 6) is -0.861. The van der Waals surface area contributed by atoms with Gasteiger partial charge in [0.15, 0.2) is 0 Å². The standard InChI is InChI=1S/C16H21NO4/c18-15(19)7-6-12-9-11-3-1-5-14(11)17(16(12)20)10-13-4-2-8-21-13/h9,13H,1-8,10H2,(H,18,19). The average molecular weight is 291 g/mol. The monoisotopic (exact) mass is 291 g/mol. The Balaban J connectivity index is 1.92. The molecule has 0 spiro atoms. The lowest BCUT2D eigenvalue weighted by molar-refractivity contribution is -0.136. The van der Waals surface area contributed by atoms with Gasteiger partial charge in [-0.1, -0.05) is 0 Å². The molecule has 1 aliphatic heterocycles. The van der Waals surface area contributed by atoms with Crippen LogP contribution in [0, 0.1) is 0 Å². The number of nitrogens with zero attached hydrogens (tertiary/aromatic N) is 1. The minimum Gasteiger partial charge on any atom is -0.481 e. The summed E-state index contributed by atoms with van der Waals surface area (Å²) < 4.78 is 7.51. The molecular formula is C16H21NO4. The van der Waals surface area contributed by atoms with Crippen molar-refractivity contribution in [2.24, 2.45) is 0 Å². The van der Waals surface area contributed by atoms with Gasteiger partial charge in [0.05, 0.1) is 12.6 Å². The number of hydrogen-bond acceptors (Lipinski definition) is 3. The molecule has 1 fully saturated rings. The summed E-state index contributed by atoms with van der Waals surface area (Å²) >= 11 is 0. The molecule has 1 saturated heterocycles. The fourth-order valence-electron chi connectivity index (χ4n) is 3.39. The Bertz CT molecular complexity index is 599. The van der Waals surface area contributed by atoms with Crippen molar-refractivity contribution in [3.63, 3.8) is 0 Å². The number of pyridine rings is 1. The average Bonchev–Trinajstić information content (AvgIpc) is 3.10. The van der Waals surface area contributed by atoms with Crippen LogP contribution in [0.3, 0.4) is 0 Å². The Morgan fingerprint density at radius 3 is 2.95 bits per heavy atom. The van der Waals surface area contributed by atoms with Crippen molar-refractivity contribution in [3.05, 3.63) is 33.2 Å². The van der Waals surface area contributed by atoms with Crippen LogP contribution in [0.4, 0.5) is 0 Å². The van der Waals surface area contributed by atoms with E-state index in [9.17, 15) is 9.59 Å². The molecule has 5 nitrogen and oxygen atoms in total. The summed E-state index contributed by atoms with van der Waals surface area (Å²) in [5.41, 5.74) is 2.96. The summed E-state index contributed by atoms with van der Waals surface area (Å²) in [7, 11) is 0. The van der Waals surface area contributed by atoms with E-state index >= 15 is 0 Å². The van der Waals surface area contributed by atoms with Crippen LogP contribution in [-0.4, -0.2) is 28.4 Å². The minimum absolute atomic E-state index is 0.00789. The molecule has 0 aromatic carbocycles. The topological polar surface area (TPSA) is 68.5 Å². The first kappa shape index (κ1) is 14.3.